The fourth-order valence-corrected chi connectivity index (χ4v) is 1.23. The van der Waals surface area contributed by atoms with Crippen molar-refractivity contribution < 1.29 is 10.2 Å². The smallest absolute Gasteiger partial charge is 0.124 e. The van der Waals surface area contributed by atoms with Gasteiger partial charge in [0.25, 0.3) is 0 Å². The first kappa shape index (κ1) is 11.2. The van der Waals surface area contributed by atoms with E-state index in [0.717, 1.165) is 0 Å². The molecule has 0 fully saturated rings. The molecule has 4 heteroatoms. The summed E-state index contributed by atoms with van der Waals surface area (Å²) in [6, 6.07) is 1.71. The first-order chi connectivity index (χ1) is 6.32. The molecule has 1 rings (SSSR count). The van der Waals surface area contributed by atoms with Crippen molar-refractivity contribution in [1.82, 2.24) is 9.78 Å². The maximum Gasteiger partial charge on any atom is 0.124 e. The number of rotatable bonds is 2. The third kappa shape index (κ3) is 2.33. The minimum Gasteiger partial charge on any atom is -0.389 e. The van der Waals surface area contributed by atoms with Gasteiger partial charge in [0, 0.05) is 13.2 Å². The van der Waals surface area contributed by atoms with E-state index >= 15 is 0 Å². The highest BCUT2D eigenvalue weighted by atomic mass is 16.3. The number of aryl methyl sites for hydroxylation is 1. The minimum atomic E-state index is -0.920. The molecular formula is C10H18N2O2. The first-order valence-electron chi connectivity index (χ1n) is 4.68. The van der Waals surface area contributed by atoms with Gasteiger partial charge in [-0.05, 0) is 11.5 Å². The van der Waals surface area contributed by atoms with E-state index in [1.807, 2.05) is 20.8 Å². The highest BCUT2D eigenvalue weighted by molar-refractivity contribution is 5.06. The average molecular weight is 198 g/mol. The van der Waals surface area contributed by atoms with Crippen LogP contribution >= 0.6 is 0 Å². The molecule has 0 aliphatic carbocycles. The van der Waals surface area contributed by atoms with Crippen LogP contribution in [0.3, 0.4) is 0 Å². The summed E-state index contributed by atoms with van der Waals surface area (Å²) >= 11 is 0. The van der Waals surface area contributed by atoms with Gasteiger partial charge in [-0.2, -0.15) is 5.10 Å². The van der Waals surface area contributed by atoms with Crippen LogP contribution in [0.15, 0.2) is 12.3 Å². The van der Waals surface area contributed by atoms with E-state index in [0.29, 0.717) is 5.69 Å². The molecule has 0 spiro atoms. The zero-order valence-corrected chi connectivity index (χ0v) is 9.10. The maximum absolute atomic E-state index is 9.82. The largest absolute Gasteiger partial charge is 0.389 e. The third-order valence-electron chi connectivity index (χ3n) is 2.22. The SMILES string of the molecule is Cn1ccc(C(O)C(O)C(C)(C)C)n1. The van der Waals surface area contributed by atoms with Gasteiger partial charge in [0.05, 0.1) is 11.8 Å². The van der Waals surface area contributed by atoms with Crippen LogP contribution in [-0.4, -0.2) is 26.1 Å². The topological polar surface area (TPSA) is 58.3 Å². The molecule has 2 atom stereocenters. The van der Waals surface area contributed by atoms with E-state index < -0.39 is 12.2 Å². The zero-order valence-electron chi connectivity index (χ0n) is 9.10. The van der Waals surface area contributed by atoms with E-state index in [9.17, 15) is 10.2 Å². The van der Waals surface area contributed by atoms with Gasteiger partial charge in [-0.1, -0.05) is 20.8 Å². The second kappa shape index (κ2) is 3.71. The Labute approximate surface area is 84.2 Å². The van der Waals surface area contributed by atoms with Gasteiger partial charge in [0.1, 0.15) is 6.10 Å². The monoisotopic (exact) mass is 198 g/mol. The number of aliphatic hydroxyl groups excluding tert-OH is 2. The lowest BCUT2D eigenvalue weighted by molar-refractivity contribution is -0.0479. The maximum atomic E-state index is 9.82. The molecular weight excluding hydrogens is 180 g/mol. The number of hydrogen-bond acceptors (Lipinski definition) is 3. The van der Waals surface area contributed by atoms with Gasteiger partial charge < -0.3 is 10.2 Å². The number of nitrogens with zero attached hydrogens (tertiary/aromatic N) is 2. The lowest BCUT2D eigenvalue weighted by Gasteiger charge is -2.28. The number of aromatic nitrogens is 2. The van der Waals surface area contributed by atoms with Crippen LogP contribution in [-0.2, 0) is 7.05 Å². The van der Waals surface area contributed by atoms with Crippen LogP contribution in [0.2, 0.25) is 0 Å². The molecule has 0 saturated carbocycles. The average Bonchev–Trinajstić information content (AvgIpc) is 2.47. The summed E-state index contributed by atoms with van der Waals surface area (Å²) in [5, 5.41) is 23.7. The van der Waals surface area contributed by atoms with Gasteiger partial charge >= 0.3 is 0 Å². The predicted octanol–water partition coefficient (Wildman–Crippen LogP) is 0.860. The van der Waals surface area contributed by atoms with Gasteiger partial charge in [-0.15, -0.1) is 0 Å². The van der Waals surface area contributed by atoms with E-state index in [-0.39, 0.29) is 5.41 Å². The van der Waals surface area contributed by atoms with Crippen LogP contribution < -0.4 is 0 Å². The first-order valence-corrected chi connectivity index (χ1v) is 4.68. The molecule has 1 aromatic heterocycles. The van der Waals surface area contributed by atoms with Gasteiger partial charge in [-0.3, -0.25) is 4.68 Å². The molecule has 0 radical (unpaired) electrons. The number of aliphatic hydroxyl groups is 2. The lowest BCUT2D eigenvalue weighted by atomic mass is 9.85. The fraction of sp³-hybridized carbons (Fsp3) is 0.700. The second-order valence-corrected chi connectivity index (χ2v) is 4.67. The molecule has 0 saturated heterocycles. The van der Waals surface area contributed by atoms with Crippen molar-refractivity contribution in [2.45, 2.75) is 33.0 Å². The van der Waals surface area contributed by atoms with E-state index in [1.54, 1.807) is 24.0 Å². The molecule has 2 N–H and O–H groups in total. The molecule has 1 aromatic rings. The van der Waals surface area contributed by atoms with Crippen molar-refractivity contribution in [3.63, 3.8) is 0 Å². The molecule has 2 unspecified atom stereocenters. The van der Waals surface area contributed by atoms with Crippen molar-refractivity contribution in [3.8, 4) is 0 Å². The van der Waals surface area contributed by atoms with E-state index in [4.69, 9.17) is 0 Å². The van der Waals surface area contributed by atoms with E-state index in [1.165, 1.54) is 0 Å². The van der Waals surface area contributed by atoms with Crippen LogP contribution in [0, 0.1) is 5.41 Å². The van der Waals surface area contributed by atoms with Crippen molar-refractivity contribution in [2.75, 3.05) is 0 Å². The summed E-state index contributed by atoms with van der Waals surface area (Å²) in [5.74, 6) is 0. The Morgan fingerprint density at radius 2 is 1.93 bits per heavy atom. The molecule has 80 valence electrons. The Balaban J connectivity index is 2.80. The number of hydrogen-bond donors (Lipinski definition) is 2. The highest BCUT2D eigenvalue weighted by Crippen LogP contribution is 2.28. The molecule has 0 amide bonds. The lowest BCUT2D eigenvalue weighted by Crippen LogP contribution is -2.32. The molecule has 0 aromatic carbocycles. The Morgan fingerprint density at radius 1 is 1.36 bits per heavy atom. The van der Waals surface area contributed by atoms with Crippen LogP contribution in [0.5, 0.6) is 0 Å². The molecule has 0 aliphatic heterocycles. The summed E-state index contributed by atoms with van der Waals surface area (Å²) < 4.78 is 1.61. The van der Waals surface area contributed by atoms with Crippen molar-refractivity contribution in [1.29, 1.82) is 0 Å². The molecule has 0 bridgehead atoms. The standard InChI is InChI=1S/C10H18N2O2/c1-10(2,3)9(14)8(13)7-5-6-12(4)11-7/h5-6,8-9,13-14H,1-4H3. The second-order valence-electron chi connectivity index (χ2n) is 4.67. The summed E-state index contributed by atoms with van der Waals surface area (Å²) in [4.78, 5) is 0. The Kier molecular flexibility index (Phi) is 2.97. The van der Waals surface area contributed by atoms with Crippen LogP contribution in [0.1, 0.15) is 32.6 Å². The Hall–Kier alpha value is -0.870. The third-order valence-corrected chi connectivity index (χ3v) is 2.22. The Morgan fingerprint density at radius 3 is 2.29 bits per heavy atom. The fourth-order valence-electron chi connectivity index (χ4n) is 1.23. The Bertz CT molecular complexity index is 301. The van der Waals surface area contributed by atoms with Gasteiger partial charge in [-0.25, -0.2) is 0 Å². The predicted molar refractivity (Wildman–Crippen MR) is 53.6 cm³/mol. The quantitative estimate of drug-likeness (QED) is 0.741. The normalized spacial score (nSPS) is 16.7. The zero-order chi connectivity index (χ0) is 10.9. The molecule has 4 nitrogen and oxygen atoms in total. The molecule has 1 heterocycles. The van der Waals surface area contributed by atoms with Crippen LogP contribution in [0.25, 0.3) is 0 Å². The van der Waals surface area contributed by atoms with Crippen LogP contribution in [0.4, 0.5) is 0 Å². The van der Waals surface area contributed by atoms with Gasteiger partial charge in [0.15, 0.2) is 0 Å². The van der Waals surface area contributed by atoms with Crippen molar-refractivity contribution in [3.05, 3.63) is 18.0 Å². The summed E-state index contributed by atoms with van der Waals surface area (Å²) in [6.07, 6.45) is 0.0158. The minimum absolute atomic E-state index is 0.350. The summed E-state index contributed by atoms with van der Waals surface area (Å²) in [5.41, 5.74) is 0.159. The molecule has 0 aliphatic rings. The van der Waals surface area contributed by atoms with E-state index in [2.05, 4.69) is 5.10 Å². The van der Waals surface area contributed by atoms with Gasteiger partial charge in [0.2, 0.25) is 0 Å². The van der Waals surface area contributed by atoms with Crippen molar-refractivity contribution in [2.24, 2.45) is 12.5 Å². The highest BCUT2D eigenvalue weighted by Gasteiger charge is 2.31. The summed E-state index contributed by atoms with van der Waals surface area (Å²) in [7, 11) is 1.78. The summed E-state index contributed by atoms with van der Waals surface area (Å²) in [6.45, 7) is 5.64. The van der Waals surface area contributed by atoms with Crippen molar-refractivity contribution >= 4 is 0 Å². The molecule has 14 heavy (non-hydrogen) atoms.